The number of amides is 2. The third kappa shape index (κ3) is 2.85. The normalized spacial score (nSPS) is 15.0. The van der Waals surface area contributed by atoms with E-state index in [9.17, 15) is 9.59 Å². The van der Waals surface area contributed by atoms with Gasteiger partial charge >= 0.3 is 0 Å². The first kappa shape index (κ1) is 17.5. The molecule has 1 aromatic heterocycles. The first-order valence-corrected chi connectivity index (χ1v) is 9.53. The minimum Gasteiger partial charge on any atom is -0.358 e. The van der Waals surface area contributed by atoms with E-state index >= 15 is 0 Å². The first-order chi connectivity index (χ1) is 13.0. The fourth-order valence-electron chi connectivity index (χ4n) is 3.88. The van der Waals surface area contributed by atoms with E-state index in [0.717, 1.165) is 5.52 Å². The molecule has 3 aromatic rings. The summed E-state index contributed by atoms with van der Waals surface area (Å²) >= 11 is 0. The van der Waals surface area contributed by atoms with Gasteiger partial charge in [0.15, 0.2) is 0 Å². The largest absolute Gasteiger partial charge is 0.358 e. The van der Waals surface area contributed by atoms with Crippen molar-refractivity contribution in [1.29, 1.82) is 0 Å². The number of hydrogen-bond donors (Lipinski definition) is 1. The molecule has 2 aromatic carbocycles. The Kier molecular flexibility index (Phi) is 4.34. The zero-order chi connectivity index (χ0) is 19.1. The van der Waals surface area contributed by atoms with Gasteiger partial charge in [-0.15, -0.1) is 0 Å². The van der Waals surface area contributed by atoms with E-state index in [4.69, 9.17) is 0 Å². The number of aromatic nitrogens is 1. The second-order valence-corrected chi connectivity index (χ2v) is 7.65. The monoisotopic (exact) mass is 360 g/mol. The maximum atomic E-state index is 12.7. The predicted molar refractivity (Wildman–Crippen MR) is 107 cm³/mol. The summed E-state index contributed by atoms with van der Waals surface area (Å²) in [4.78, 5) is 30.3. The number of aromatic amines is 1. The van der Waals surface area contributed by atoms with Gasteiger partial charge in [-0.3, -0.25) is 14.5 Å². The van der Waals surface area contributed by atoms with E-state index in [1.807, 2.05) is 12.1 Å². The molecule has 1 aliphatic rings. The Morgan fingerprint density at radius 3 is 2.11 bits per heavy atom. The summed E-state index contributed by atoms with van der Waals surface area (Å²) in [7, 11) is 0. The van der Waals surface area contributed by atoms with Crippen LogP contribution in [0.5, 0.6) is 0 Å². The fourth-order valence-corrected chi connectivity index (χ4v) is 3.88. The summed E-state index contributed by atoms with van der Waals surface area (Å²) in [6, 6.07) is 15.3. The molecule has 1 atom stereocenters. The summed E-state index contributed by atoms with van der Waals surface area (Å²) in [5, 5.41) is 1.18. The summed E-state index contributed by atoms with van der Waals surface area (Å²) in [6.07, 6.45) is 0.655. The van der Waals surface area contributed by atoms with E-state index in [-0.39, 0.29) is 11.8 Å². The second kappa shape index (κ2) is 6.69. The van der Waals surface area contributed by atoms with Gasteiger partial charge in [-0.1, -0.05) is 51.1 Å². The van der Waals surface area contributed by atoms with Gasteiger partial charge in [0.2, 0.25) is 0 Å². The number of para-hydroxylation sites is 1. The summed E-state index contributed by atoms with van der Waals surface area (Å²) in [6.45, 7) is 7.04. The van der Waals surface area contributed by atoms with E-state index in [0.29, 0.717) is 35.9 Å². The highest BCUT2D eigenvalue weighted by Crippen LogP contribution is 2.32. The maximum absolute atomic E-state index is 12.7. The van der Waals surface area contributed by atoms with Crippen LogP contribution >= 0.6 is 0 Å². The van der Waals surface area contributed by atoms with Crippen molar-refractivity contribution in [3.05, 3.63) is 70.9 Å². The van der Waals surface area contributed by atoms with Crippen LogP contribution in [0.1, 0.15) is 58.7 Å². The Morgan fingerprint density at radius 2 is 1.48 bits per heavy atom. The fraction of sp³-hybridized carbons (Fsp3) is 0.304. The van der Waals surface area contributed by atoms with Gasteiger partial charge in [-0.2, -0.15) is 0 Å². The summed E-state index contributed by atoms with van der Waals surface area (Å²) in [5.41, 5.74) is 4.55. The Hall–Kier alpha value is -2.88. The van der Waals surface area contributed by atoms with Crippen LogP contribution in [0.2, 0.25) is 0 Å². The van der Waals surface area contributed by atoms with E-state index in [2.05, 4.69) is 37.9 Å². The molecule has 2 heterocycles. The minimum atomic E-state index is -0.186. The topological polar surface area (TPSA) is 53.2 Å². The van der Waals surface area contributed by atoms with Crippen LogP contribution in [0.3, 0.4) is 0 Å². The van der Waals surface area contributed by atoms with Crippen molar-refractivity contribution >= 4 is 22.7 Å². The SMILES string of the molecule is CC(C)C(C)c1[nH]c2ccccc2c1CCN1C(=O)c2ccccc2C1=O. The Morgan fingerprint density at radius 1 is 0.889 bits per heavy atom. The van der Waals surface area contributed by atoms with Crippen molar-refractivity contribution in [3.63, 3.8) is 0 Å². The van der Waals surface area contributed by atoms with Gasteiger partial charge in [0.1, 0.15) is 0 Å². The van der Waals surface area contributed by atoms with Crippen molar-refractivity contribution < 1.29 is 9.59 Å². The highest BCUT2D eigenvalue weighted by Gasteiger charge is 2.35. The lowest BCUT2D eigenvalue weighted by Crippen LogP contribution is -2.32. The van der Waals surface area contributed by atoms with Gasteiger partial charge < -0.3 is 4.98 Å². The third-order valence-corrected chi connectivity index (χ3v) is 5.77. The standard InChI is InChI=1S/C23H24N2O2/c1-14(2)15(3)21-17(16-8-6-7-11-20(16)24-21)12-13-25-22(26)18-9-4-5-10-19(18)23(25)27/h4-11,14-15,24H,12-13H2,1-3H3. The van der Waals surface area contributed by atoms with Crippen molar-refractivity contribution in [2.75, 3.05) is 6.54 Å². The van der Waals surface area contributed by atoms with Crippen LogP contribution in [-0.2, 0) is 6.42 Å². The molecular weight excluding hydrogens is 336 g/mol. The maximum Gasteiger partial charge on any atom is 0.261 e. The van der Waals surface area contributed by atoms with Gasteiger partial charge in [0.25, 0.3) is 11.8 Å². The number of carbonyl (C=O) groups excluding carboxylic acids is 2. The molecule has 0 saturated heterocycles. The van der Waals surface area contributed by atoms with Crippen LogP contribution in [0, 0.1) is 5.92 Å². The molecule has 0 spiro atoms. The van der Waals surface area contributed by atoms with Gasteiger partial charge in [-0.05, 0) is 42.0 Å². The summed E-state index contributed by atoms with van der Waals surface area (Å²) in [5.74, 6) is 0.494. The zero-order valence-electron chi connectivity index (χ0n) is 16.0. The molecule has 1 unspecified atom stereocenters. The molecule has 1 aliphatic heterocycles. The van der Waals surface area contributed by atoms with E-state index < -0.39 is 0 Å². The number of carbonyl (C=O) groups is 2. The number of H-pyrrole nitrogens is 1. The van der Waals surface area contributed by atoms with Gasteiger partial charge in [0.05, 0.1) is 11.1 Å². The Bertz CT molecular complexity index is 997. The molecule has 0 fully saturated rings. The Labute approximate surface area is 159 Å². The minimum absolute atomic E-state index is 0.186. The van der Waals surface area contributed by atoms with Crippen LogP contribution in [0.4, 0.5) is 0 Å². The zero-order valence-corrected chi connectivity index (χ0v) is 16.0. The van der Waals surface area contributed by atoms with Crippen molar-refractivity contribution in [2.45, 2.75) is 33.1 Å². The van der Waals surface area contributed by atoms with Crippen molar-refractivity contribution in [3.8, 4) is 0 Å². The molecule has 1 N–H and O–H groups in total. The molecule has 0 bridgehead atoms. The molecular formula is C23H24N2O2. The van der Waals surface area contributed by atoms with E-state index in [1.54, 1.807) is 24.3 Å². The van der Waals surface area contributed by atoms with Crippen LogP contribution in [0.25, 0.3) is 10.9 Å². The number of hydrogen-bond acceptors (Lipinski definition) is 2. The molecule has 0 saturated carbocycles. The molecule has 4 heteroatoms. The van der Waals surface area contributed by atoms with Crippen LogP contribution in [0.15, 0.2) is 48.5 Å². The average Bonchev–Trinajstić information content (AvgIpc) is 3.16. The number of fused-ring (bicyclic) bond motifs is 2. The molecule has 0 aliphatic carbocycles. The molecule has 4 nitrogen and oxygen atoms in total. The number of benzene rings is 2. The highest BCUT2D eigenvalue weighted by molar-refractivity contribution is 6.21. The van der Waals surface area contributed by atoms with E-state index in [1.165, 1.54) is 21.5 Å². The summed E-state index contributed by atoms with van der Waals surface area (Å²) < 4.78 is 0. The lowest BCUT2D eigenvalue weighted by atomic mass is 9.91. The predicted octanol–water partition coefficient (Wildman–Crippen LogP) is 4.77. The molecule has 27 heavy (non-hydrogen) atoms. The number of nitrogens with zero attached hydrogens (tertiary/aromatic N) is 1. The number of nitrogens with one attached hydrogen (secondary N) is 1. The van der Waals surface area contributed by atoms with Gasteiger partial charge in [-0.25, -0.2) is 0 Å². The number of imide groups is 1. The number of rotatable bonds is 5. The Balaban J connectivity index is 1.66. The highest BCUT2D eigenvalue weighted by atomic mass is 16.2. The molecule has 138 valence electrons. The lowest BCUT2D eigenvalue weighted by molar-refractivity contribution is 0.0656. The third-order valence-electron chi connectivity index (χ3n) is 5.77. The smallest absolute Gasteiger partial charge is 0.261 e. The van der Waals surface area contributed by atoms with Crippen LogP contribution < -0.4 is 0 Å². The van der Waals surface area contributed by atoms with Crippen molar-refractivity contribution in [2.24, 2.45) is 5.92 Å². The van der Waals surface area contributed by atoms with Crippen molar-refractivity contribution in [1.82, 2.24) is 9.88 Å². The average molecular weight is 360 g/mol. The van der Waals surface area contributed by atoms with Gasteiger partial charge in [0, 0.05) is 23.1 Å². The molecule has 2 amide bonds. The second-order valence-electron chi connectivity index (χ2n) is 7.65. The first-order valence-electron chi connectivity index (χ1n) is 9.53. The molecule has 4 rings (SSSR count). The molecule has 0 radical (unpaired) electrons. The quantitative estimate of drug-likeness (QED) is 0.667. The lowest BCUT2D eigenvalue weighted by Gasteiger charge is -2.18. The van der Waals surface area contributed by atoms with Crippen LogP contribution in [-0.4, -0.2) is 28.2 Å².